The largest absolute Gasteiger partial charge is 0.496 e. The number of rotatable bonds is 6. The zero-order valence-corrected chi connectivity index (χ0v) is 11.6. The molecule has 0 aliphatic carbocycles. The topological polar surface area (TPSA) is 59.3 Å². The average Bonchev–Trinajstić information content (AvgIpc) is 2.85. The van der Waals surface area contributed by atoms with Gasteiger partial charge in [0.1, 0.15) is 11.6 Å². The van der Waals surface area contributed by atoms with Crippen LogP contribution >= 0.6 is 12.4 Å². The number of aromatic nitrogens is 2. The predicted molar refractivity (Wildman–Crippen MR) is 76.9 cm³/mol. The Balaban J connectivity index is 0.00000180. The first-order chi connectivity index (χ1) is 8.83. The maximum Gasteiger partial charge on any atom is 0.148 e. The Morgan fingerprint density at radius 3 is 2.84 bits per heavy atom. The molecule has 1 aromatic carbocycles. The lowest BCUT2D eigenvalue weighted by atomic mass is 10.2. The molecule has 104 valence electrons. The van der Waals surface area contributed by atoms with Crippen LogP contribution in [0.1, 0.15) is 5.56 Å². The number of methoxy groups -OCH3 is 1. The molecule has 0 radical (unpaired) electrons. The van der Waals surface area contributed by atoms with Crippen molar-refractivity contribution in [2.45, 2.75) is 13.1 Å². The zero-order valence-electron chi connectivity index (χ0n) is 10.7. The molecule has 0 fully saturated rings. The maximum atomic E-state index is 8.81. The van der Waals surface area contributed by atoms with Crippen LogP contribution in [-0.4, -0.2) is 28.6 Å². The number of ether oxygens (including phenoxy) is 1. The Morgan fingerprint density at radius 2 is 2.11 bits per heavy atom. The summed E-state index contributed by atoms with van der Waals surface area (Å²) in [6.07, 6.45) is 1.83. The molecule has 0 spiro atoms. The van der Waals surface area contributed by atoms with E-state index in [2.05, 4.69) is 10.4 Å². The number of hydrogen-bond acceptors (Lipinski definition) is 4. The van der Waals surface area contributed by atoms with Crippen LogP contribution in [0.2, 0.25) is 0 Å². The van der Waals surface area contributed by atoms with Crippen LogP contribution in [0, 0.1) is 0 Å². The molecule has 6 heteroatoms. The van der Waals surface area contributed by atoms with Gasteiger partial charge in [-0.15, -0.1) is 12.4 Å². The predicted octanol–water partition coefficient (Wildman–Crippen LogP) is 1.92. The average molecular weight is 284 g/mol. The van der Waals surface area contributed by atoms with Crippen molar-refractivity contribution in [2.24, 2.45) is 0 Å². The molecule has 0 aliphatic heterocycles. The molecule has 0 aliphatic rings. The molecule has 0 unspecified atom stereocenters. The second kappa shape index (κ2) is 7.66. The third-order valence-electron chi connectivity index (χ3n) is 2.62. The van der Waals surface area contributed by atoms with Crippen molar-refractivity contribution in [1.29, 1.82) is 0 Å². The monoisotopic (exact) mass is 283 g/mol. The molecule has 5 nitrogen and oxygen atoms in total. The van der Waals surface area contributed by atoms with Crippen LogP contribution < -0.4 is 10.1 Å². The summed E-state index contributed by atoms with van der Waals surface area (Å²) in [6, 6.07) is 9.74. The minimum Gasteiger partial charge on any atom is -0.496 e. The molecule has 1 heterocycles. The van der Waals surface area contributed by atoms with Crippen molar-refractivity contribution >= 4 is 18.2 Å². The lowest BCUT2D eigenvalue weighted by molar-refractivity contribution is 0.269. The van der Waals surface area contributed by atoms with Crippen LogP contribution in [0.25, 0.3) is 0 Å². The fourth-order valence-electron chi connectivity index (χ4n) is 1.72. The molecule has 19 heavy (non-hydrogen) atoms. The van der Waals surface area contributed by atoms with Crippen molar-refractivity contribution < 1.29 is 9.84 Å². The highest BCUT2D eigenvalue weighted by Crippen LogP contribution is 2.18. The molecule has 2 aromatic rings. The summed E-state index contributed by atoms with van der Waals surface area (Å²) in [7, 11) is 1.66. The minimum absolute atomic E-state index is 0. The first-order valence-corrected chi connectivity index (χ1v) is 5.83. The minimum atomic E-state index is 0. The van der Waals surface area contributed by atoms with E-state index in [4.69, 9.17) is 9.84 Å². The van der Waals surface area contributed by atoms with E-state index in [9.17, 15) is 0 Å². The summed E-state index contributed by atoms with van der Waals surface area (Å²) in [5.74, 6) is 1.65. The quantitative estimate of drug-likeness (QED) is 0.850. The van der Waals surface area contributed by atoms with Crippen LogP contribution in [-0.2, 0) is 13.1 Å². The molecular weight excluding hydrogens is 266 g/mol. The van der Waals surface area contributed by atoms with Gasteiger partial charge in [0, 0.05) is 24.4 Å². The SMILES string of the molecule is COc1ccccc1CNc1ccn(CCO)n1.Cl. The lowest BCUT2D eigenvalue weighted by Gasteiger charge is -2.08. The van der Waals surface area contributed by atoms with Crippen molar-refractivity contribution in [3.63, 3.8) is 0 Å². The highest BCUT2D eigenvalue weighted by molar-refractivity contribution is 5.85. The van der Waals surface area contributed by atoms with Crippen molar-refractivity contribution in [1.82, 2.24) is 9.78 Å². The van der Waals surface area contributed by atoms with Gasteiger partial charge in [-0.1, -0.05) is 18.2 Å². The molecule has 0 atom stereocenters. The summed E-state index contributed by atoms with van der Waals surface area (Å²) >= 11 is 0. The van der Waals surface area contributed by atoms with Gasteiger partial charge in [0.15, 0.2) is 0 Å². The maximum absolute atomic E-state index is 8.81. The zero-order chi connectivity index (χ0) is 12.8. The van der Waals surface area contributed by atoms with Gasteiger partial charge in [0.25, 0.3) is 0 Å². The molecule has 2 N–H and O–H groups in total. The van der Waals surface area contributed by atoms with Crippen LogP contribution in [0.3, 0.4) is 0 Å². The van der Waals surface area contributed by atoms with Crippen LogP contribution in [0.15, 0.2) is 36.5 Å². The van der Waals surface area contributed by atoms with Gasteiger partial charge in [-0.25, -0.2) is 0 Å². The standard InChI is InChI=1S/C13H17N3O2.ClH/c1-18-12-5-3-2-4-11(12)10-14-13-6-7-16(15-13)8-9-17;/h2-7,17H,8-10H2,1H3,(H,14,15);1H. The highest BCUT2D eigenvalue weighted by atomic mass is 35.5. The summed E-state index contributed by atoms with van der Waals surface area (Å²) < 4.78 is 6.98. The van der Waals surface area contributed by atoms with Gasteiger partial charge in [-0.05, 0) is 6.07 Å². The number of hydrogen-bond donors (Lipinski definition) is 2. The second-order valence-electron chi connectivity index (χ2n) is 3.85. The van der Waals surface area contributed by atoms with Gasteiger partial charge >= 0.3 is 0 Å². The molecule has 0 amide bonds. The van der Waals surface area contributed by atoms with E-state index >= 15 is 0 Å². The van der Waals surface area contributed by atoms with E-state index in [0.717, 1.165) is 17.1 Å². The van der Waals surface area contributed by atoms with E-state index in [-0.39, 0.29) is 19.0 Å². The van der Waals surface area contributed by atoms with E-state index < -0.39 is 0 Å². The fraction of sp³-hybridized carbons (Fsp3) is 0.308. The van der Waals surface area contributed by atoms with Gasteiger partial charge in [-0.2, -0.15) is 5.10 Å². The third-order valence-corrected chi connectivity index (χ3v) is 2.62. The molecule has 1 aromatic heterocycles. The van der Waals surface area contributed by atoms with Crippen molar-refractivity contribution in [2.75, 3.05) is 19.0 Å². The normalized spacial score (nSPS) is 9.79. The van der Waals surface area contributed by atoms with Gasteiger partial charge in [-0.3, -0.25) is 4.68 Å². The van der Waals surface area contributed by atoms with E-state index in [1.54, 1.807) is 11.8 Å². The number of nitrogens with one attached hydrogen (secondary N) is 1. The Hall–Kier alpha value is -1.72. The first-order valence-electron chi connectivity index (χ1n) is 5.83. The van der Waals surface area contributed by atoms with E-state index in [1.165, 1.54) is 0 Å². The van der Waals surface area contributed by atoms with Crippen molar-refractivity contribution in [3.8, 4) is 5.75 Å². The van der Waals surface area contributed by atoms with Crippen LogP contribution in [0.5, 0.6) is 5.75 Å². The lowest BCUT2D eigenvalue weighted by Crippen LogP contribution is -2.05. The van der Waals surface area contributed by atoms with Gasteiger partial charge in [0.2, 0.25) is 0 Å². The second-order valence-corrected chi connectivity index (χ2v) is 3.85. The summed E-state index contributed by atoms with van der Waals surface area (Å²) in [6.45, 7) is 1.25. The number of nitrogens with zero attached hydrogens (tertiary/aromatic N) is 2. The number of aliphatic hydroxyl groups is 1. The van der Waals surface area contributed by atoms with Gasteiger partial charge in [0.05, 0.1) is 20.3 Å². The number of halogens is 1. The smallest absolute Gasteiger partial charge is 0.148 e. The summed E-state index contributed by atoms with van der Waals surface area (Å²) in [5.41, 5.74) is 1.08. The number of anilines is 1. The highest BCUT2D eigenvalue weighted by Gasteiger charge is 2.02. The molecule has 2 rings (SSSR count). The Morgan fingerprint density at radius 1 is 1.32 bits per heavy atom. The summed E-state index contributed by atoms with van der Waals surface area (Å²) in [5, 5.41) is 16.3. The van der Waals surface area contributed by atoms with E-state index in [0.29, 0.717) is 13.1 Å². The fourth-order valence-corrected chi connectivity index (χ4v) is 1.72. The van der Waals surface area contributed by atoms with Gasteiger partial charge < -0.3 is 15.2 Å². The Bertz CT molecular complexity index is 502. The van der Waals surface area contributed by atoms with E-state index in [1.807, 2.05) is 36.5 Å². The summed E-state index contributed by atoms with van der Waals surface area (Å²) in [4.78, 5) is 0. The third kappa shape index (κ3) is 4.15. The number of para-hydroxylation sites is 1. The molecular formula is C13H18ClN3O2. The van der Waals surface area contributed by atoms with Crippen LogP contribution in [0.4, 0.5) is 5.82 Å². The number of aliphatic hydroxyl groups excluding tert-OH is 1. The van der Waals surface area contributed by atoms with Crippen molar-refractivity contribution in [3.05, 3.63) is 42.1 Å². The number of benzene rings is 1. The Labute approximate surface area is 118 Å². The molecule has 0 bridgehead atoms. The molecule has 0 saturated carbocycles. The Kier molecular flexibility index (Phi) is 6.18. The first kappa shape index (κ1) is 15.3. The molecule has 0 saturated heterocycles.